The maximum Gasteiger partial charge on any atom is 0.125 e. The van der Waals surface area contributed by atoms with E-state index in [0.717, 1.165) is 24.3 Å². The summed E-state index contributed by atoms with van der Waals surface area (Å²) in [7, 11) is 2.04. The van der Waals surface area contributed by atoms with Crippen molar-refractivity contribution in [3.8, 4) is 5.75 Å². The van der Waals surface area contributed by atoms with Crippen LogP contribution in [0.1, 0.15) is 25.0 Å². The van der Waals surface area contributed by atoms with Crippen LogP contribution in [0.5, 0.6) is 5.75 Å². The Labute approximate surface area is 96.6 Å². The van der Waals surface area contributed by atoms with E-state index in [2.05, 4.69) is 11.8 Å². The van der Waals surface area contributed by atoms with Gasteiger partial charge in [-0.15, -0.1) is 0 Å². The second-order valence-corrected chi connectivity index (χ2v) is 4.34. The van der Waals surface area contributed by atoms with E-state index < -0.39 is 6.10 Å². The number of hydrogen-bond acceptors (Lipinski definition) is 3. The highest BCUT2D eigenvalue weighted by atomic mass is 16.5. The van der Waals surface area contributed by atoms with Gasteiger partial charge in [0, 0.05) is 5.56 Å². The van der Waals surface area contributed by atoms with Gasteiger partial charge in [0.2, 0.25) is 0 Å². The van der Waals surface area contributed by atoms with Gasteiger partial charge in [0.15, 0.2) is 0 Å². The third-order valence-corrected chi connectivity index (χ3v) is 3.15. The first-order valence-corrected chi connectivity index (χ1v) is 5.84. The number of para-hydroxylation sites is 1. The first-order valence-electron chi connectivity index (χ1n) is 5.84. The van der Waals surface area contributed by atoms with Crippen LogP contribution in [0, 0.1) is 0 Å². The van der Waals surface area contributed by atoms with Gasteiger partial charge in [0.05, 0.1) is 6.04 Å². The summed E-state index contributed by atoms with van der Waals surface area (Å²) >= 11 is 0. The molecule has 3 heteroatoms. The van der Waals surface area contributed by atoms with Gasteiger partial charge >= 0.3 is 0 Å². The van der Waals surface area contributed by atoms with Crippen molar-refractivity contribution in [2.45, 2.75) is 25.5 Å². The average molecular weight is 221 g/mol. The topological polar surface area (TPSA) is 32.7 Å². The molecule has 2 unspecified atom stereocenters. The van der Waals surface area contributed by atoms with E-state index >= 15 is 0 Å². The smallest absolute Gasteiger partial charge is 0.125 e. The summed E-state index contributed by atoms with van der Waals surface area (Å²) in [6.07, 6.45) is 0.642. The van der Waals surface area contributed by atoms with Crippen LogP contribution in [0.2, 0.25) is 0 Å². The minimum absolute atomic E-state index is 0.0647. The molecule has 0 spiro atoms. The molecule has 16 heavy (non-hydrogen) atoms. The van der Waals surface area contributed by atoms with Gasteiger partial charge in [-0.25, -0.2) is 0 Å². The van der Waals surface area contributed by atoms with Crippen molar-refractivity contribution >= 4 is 0 Å². The van der Waals surface area contributed by atoms with Crippen molar-refractivity contribution < 1.29 is 9.84 Å². The van der Waals surface area contributed by atoms with Crippen LogP contribution < -0.4 is 4.74 Å². The van der Waals surface area contributed by atoms with Crippen molar-refractivity contribution in [2.75, 3.05) is 20.2 Å². The predicted molar refractivity (Wildman–Crippen MR) is 63.6 cm³/mol. The number of nitrogens with zero attached hydrogens (tertiary/aromatic N) is 1. The fraction of sp³-hybridized carbons (Fsp3) is 0.538. The Morgan fingerprint density at radius 3 is 2.94 bits per heavy atom. The van der Waals surface area contributed by atoms with Crippen molar-refractivity contribution in [1.29, 1.82) is 0 Å². The number of aliphatic hydroxyl groups is 1. The maximum atomic E-state index is 10.3. The predicted octanol–water partition coefficient (Wildman–Crippen LogP) is 1.82. The number of fused-ring (bicyclic) bond motifs is 1. The first kappa shape index (κ1) is 11.4. The molecule has 1 N–H and O–H groups in total. The fourth-order valence-corrected chi connectivity index (χ4v) is 2.22. The molecule has 2 atom stereocenters. The minimum Gasteiger partial charge on any atom is -0.491 e. The largest absolute Gasteiger partial charge is 0.491 e. The van der Waals surface area contributed by atoms with Crippen LogP contribution in [0.25, 0.3) is 0 Å². The second-order valence-electron chi connectivity index (χ2n) is 4.34. The van der Waals surface area contributed by atoms with E-state index in [4.69, 9.17) is 4.74 Å². The normalized spacial score (nSPS) is 24.0. The molecule has 0 aliphatic carbocycles. The van der Waals surface area contributed by atoms with E-state index in [1.54, 1.807) is 0 Å². The number of aliphatic hydroxyl groups excluding tert-OH is 1. The van der Waals surface area contributed by atoms with Crippen LogP contribution >= 0.6 is 0 Å². The van der Waals surface area contributed by atoms with Crippen LogP contribution in [0.15, 0.2) is 24.3 Å². The lowest BCUT2D eigenvalue weighted by atomic mass is 9.98. The molecule has 88 valence electrons. The highest BCUT2D eigenvalue weighted by Gasteiger charge is 2.31. The Kier molecular flexibility index (Phi) is 3.46. The summed E-state index contributed by atoms with van der Waals surface area (Å²) in [6.45, 7) is 3.68. The summed E-state index contributed by atoms with van der Waals surface area (Å²) in [6, 6.07) is 7.78. The SMILES string of the molecule is CCCN(C)C1COc2ccccc2C1O. The third-order valence-electron chi connectivity index (χ3n) is 3.15. The van der Waals surface area contributed by atoms with E-state index in [1.807, 2.05) is 31.3 Å². The summed E-state index contributed by atoms with van der Waals surface area (Å²) in [5.74, 6) is 0.816. The Hall–Kier alpha value is -1.06. The lowest BCUT2D eigenvalue weighted by Gasteiger charge is -2.36. The maximum absolute atomic E-state index is 10.3. The zero-order valence-electron chi connectivity index (χ0n) is 9.89. The quantitative estimate of drug-likeness (QED) is 0.845. The molecule has 1 heterocycles. The Balaban J connectivity index is 2.17. The van der Waals surface area contributed by atoms with E-state index in [1.165, 1.54) is 0 Å². The fourth-order valence-electron chi connectivity index (χ4n) is 2.22. The van der Waals surface area contributed by atoms with Gasteiger partial charge in [-0.2, -0.15) is 0 Å². The number of likely N-dealkylation sites (N-methyl/N-ethyl adjacent to an activating group) is 1. The molecule has 1 aromatic rings. The number of benzene rings is 1. The van der Waals surface area contributed by atoms with Crippen LogP contribution in [0.4, 0.5) is 0 Å². The molecular weight excluding hydrogens is 202 g/mol. The molecule has 1 aromatic carbocycles. The van der Waals surface area contributed by atoms with Crippen molar-refractivity contribution in [1.82, 2.24) is 4.90 Å². The molecule has 3 nitrogen and oxygen atoms in total. The Bertz CT molecular complexity index is 354. The molecule has 0 saturated carbocycles. The molecule has 0 amide bonds. The number of ether oxygens (including phenoxy) is 1. The Morgan fingerprint density at radius 1 is 1.44 bits per heavy atom. The zero-order chi connectivity index (χ0) is 11.5. The summed E-state index contributed by atoms with van der Waals surface area (Å²) in [5, 5.41) is 10.3. The summed E-state index contributed by atoms with van der Waals surface area (Å²) in [4.78, 5) is 2.17. The molecule has 1 aliphatic heterocycles. The monoisotopic (exact) mass is 221 g/mol. The third kappa shape index (κ3) is 2.06. The van der Waals surface area contributed by atoms with Gasteiger partial charge in [0.1, 0.15) is 18.5 Å². The van der Waals surface area contributed by atoms with Crippen molar-refractivity contribution in [3.63, 3.8) is 0 Å². The van der Waals surface area contributed by atoms with Crippen molar-refractivity contribution in [2.24, 2.45) is 0 Å². The van der Waals surface area contributed by atoms with E-state index in [0.29, 0.717) is 6.61 Å². The van der Waals surface area contributed by atoms with Gasteiger partial charge < -0.3 is 9.84 Å². The van der Waals surface area contributed by atoms with Gasteiger partial charge in [-0.05, 0) is 26.1 Å². The highest BCUT2D eigenvalue weighted by molar-refractivity contribution is 5.37. The van der Waals surface area contributed by atoms with E-state index in [9.17, 15) is 5.11 Å². The van der Waals surface area contributed by atoms with Gasteiger partial charge in [-0.1, -0.05) is 25.1 Å². The molecule has 0 fully saturated rings. The molecule has 0 saturated heterocycles. The van der Waals surface area contributed by atoms with Gasteiger partial charge in [-0.3, -0.25) is 4.90 Å². The highest BCUT2D eigenvalue weighted by Crippen LogP contribution is 2.33. The van der Waals surface area contributed by atoms with E-state index in [-0.39, 0.29) is 6.04 Å². The lowest BCUT2D eigenvalue weighted by molar-refractivity contribution is 0.0152. The summed E-state index contributed by atoms with van der Waals surface area (Å²) in [5.41, 5.74) is 0.904. The zero-order valence-corrected chi connectivity index (χ0v) is 9.89. The number of rotatable bonds is 3. The first-order chi connectivity index (χ1) is 7.74. The molecule has 2 rings (SSSR count). The number of hydrogen-bond donors (Lipinski definition) is 1. The Morgan fingerprint density at radius 2 is 2.19 bits per heavy atom. The average Bonchev–Trinajstić information content (AvgIpc) is 2.30. The minimum atomic E-state index is -0.443. The lowest BCUT2D eigenvalue weighted by Crippen LogP contribution is -2.44. The van der Waals surface area contributed by atoms with Crippen LogP contribution in [-0.2, 0) is 0 Å². The van der Waals surface area contributed by atoms with Crippen LogP contribution in [-0.4, -0.2) is 36.2 Å². The van der Waals surface area contributed by atoms with Gasteiger partial charge in [0.25, 0.3) is 0 Å². The molecule has 1 aliphatic rings. The second kappa shape index (κ2) is 4.85. The van der Waals surface area contributed by atoms with Crippen molar-refractivity contribution in [3.05, 3.63) is 29.8 Å². The molecular formula is C13H19NO2. The molecule has 0 radical (unpaired) electrons. The molecule has 0 bridgehead atoms. The molecule has 0 aromatic heterocycles. The standard InChI is InChI=1S/C13H19NO2/c1-3-8-14(2)11-9-16-12-7-5-4-6-10(12)13(11)15/h4-7,11,13,15H,3,8-9H2,1-2H3. The van der Waals surface area contributed by atoms with Crippen LogP contribution in [0.3, 0.4) is 0 Å². The summed E-state index contributed by atoms with van der Waals surface area (Å²) < 4.78 is 5.67.